The third-order valence-corrected chi connectivity index (χ3v) is 6.81. The normalized spacial score (nSPS) is 18.5. The van der Waals surface area contributed by atoms with Gasteiger partial charge in [-0.15, -0.1) is 0 Å². The second-order valence-electron chi connectivity index (χ2n) is 8.61. The van der Waals surface area contributed by atoms with Crippen LogP contribution >= 0.6 is 11.6 Å². The topological polar surface area (TPSA) is 54.5 Å². The van der Waals surface area contributed by atoms with Crippen LogP contribution < -0.4 is 0 Å². The number of hydrogen-bond donors (Lipinski definition) is 0. The molecule has 1 atom stereocenters. The van der Waals surface area contributed by atoms with Crippen molar-refractivity contribution in [3.05, 3.63) is 81.4 Å². The lowest BCUT2D eigenvalue weighted by atomic mass is 9.90. The van der Waals surface area contributed by atoms with Gasteiger partial charge in [-0.25, -0.2) is 0 Å². The lowest BCUT2D eigenvalue weighted by molar-refractivity contribution is -0.124. The van der Waals surface area contributed by atoms with Crippen LogP contribution in [0.1, 0.15) is 58.3 Å². The summed E-state index contributed by atoms with van der Waals surface area (Å²) in [7, 11) is 0. The van der Waals surface area contributed by atoms with Crippen molar-refractivity contribution in [3.8, 4) is 0 Å². The number of amides is 1. The van der Waals surface area contributed by atoms with Crippen LogP contribution in [0, 0.1) is 6.92 Å². The van der Waals surface area contributed by atoms with Gasteiger partial charge in [-0.05, 0) is 60.6 Å². The van der Waals surface area contributed by atoms with E-state index in [1.807, 2.05) is 43.3 Å². The molecular weight excluding hydrogens is 410 g/mol. The number of benzene rings is 2. The highest BCUT2D eigenvalue weighted by molar-refractivity contribution is 6.31. The number of ketones is 2. The molecule has 2 aliphatic rings. The predicted octanol–water partition coefficient (Wildman–Crippen LogP) is 5.03. The third kappa shape index (κ3) is 4.49. The van der Waals surface area contributed by atoms with Crippen LogP contribution in [0.5, 0.6) is 0 Å². The summed E-state index contributed by atoms with van der Waals surface area (Å²) in [5, 5.41) is 0.680. The third-order valence-electron chi connectivity index (χ3n) is 6.41. The molecule has 0 aromatic heterocycles. The number of aryl methyl sites for hydroxylation is 1. The van der Waals surface area contributed by atoms with Crippen molar-refractivity contribution < 1.29 is 14.4 Å². The maximum Gasteiger partial charge on any atom is 0.255 e. The molecule has 0 radical (unpaired) electrons. The first kappa shape index (κ1) is 21.5. The quantitative estimate of drug-likeness (QED) is 0.598. The Labute approximate surface area is 187 Å². The SMILES string of the molecule is C=C1CCC(N2Cc3cc(CCC(=O)Cc4cccc(Cl)c4C)ccc3C2=O)C(=O)C1. The van der Waals surface area contributed by atoms with Crippen LogP contribution in [0.4, 0.5) is 0 Å². The molecular formula is C26H26ClNO3. The van der Waals surface area contributed by atoms with E-state index in [1.165, 1.54) is 0 Å². The summed E-state index contributed by atoms with van der Waals surface area (Å²) in [6, 6.07) is 11.1. The van der Waals surface area contributed by atoms with Gasteiger partial charge in [0.2, 0.25) is 0 Å². The Morgan fingerprint density at radius 1 is 1.23 bits per heavy atom. The number of fused-ring (bicyclic) bond motifs is 1. The number of Topliss-reactive ketones (excluding diaryl/α,β-unsaturated/α-hetero) is 2. The Hall–Kier alpha value is -2.72. The van der Waals surface area contributed by atoms with Gasteiger partial charge in [-0.3, -0.25) is 14.4 Å². The van der Waals surface area contributed by atoms with Crippen molar-refractivity contribution in [3.63, 3.8) is 0 Å². The zero-order valence-electron chi connectivity index (χ0n) is 17.7. The smallest absolute Gasteiger partial charge is 0.255 e. The lowest BCUT2D eigenvalue weighted by Crippen LogP contribution is -2.43. The number of nitrogens with zero attached hydrogens (tertiary/aromatic N) is 1. The van der Waals surface area contributed by atoms with E-state index in [-0.39, 0.29) is 23.5 Å². The number of allylic oxidation sites excluding steroid dienone is 1. The van der Waals surface area contributed by atoms with Gasteiger partial charge in [0.05, 0.1) is 6.04 Å². The summed E-state index contributed by atoms with van der Waals surface area (Å²) >= 11 is 6.15. The minimum absolute atomic E-state index is 0.0695. The summed E-state index contributed by atoms with van der Waals surface area (Å²) in [6.45, 7) is 6.30. The molecule has 1 fully saturated rings. The molecule has 0 spiro atoms. The van der Waals surface area contributed by atoms with Gasteiger partial charge in [-0.1, -0.05) is 48.0 Å². The Morgan fingerprint density at radius 2 is 2.03 bits per heavy atom. The Morgan fingerprint density at radius 3 is 2.81 bits per heavy atom. The first-order valence-corrected chi connectivity index (χ1v) is 11.1. The molecule has 4 rings (SSSR count). The van der Waals surface area contributed by atoms with Crippen molar-refractivity contribution in [1.29, 1.82) is 0 Å². The average molecular weight is 436 g/mol. The molecule has 1 saturated carbocycles. The second-order valence-corrected chi connectivity index (χ2v) is 9.02. The zero-order chi connectivity index (χ0) is 22.1. The predicted molar refractivity (Wildman–Crippen MR) is 121 cm³/mol. The molecule has 1 aliphatic heterocycles. The monoisotopic (exact) mass is 435 g/mol. The van der Waals surface area contributed by atoms with Crippen molar-refractivity contribution in [2.75, 3.05) is 0 Å². The largest absolute Gasteiger partial charge is 0.324 e. The maximum atomic E-state index is 12.8. The Bertz CT molecular complexity index is 1090. The van der Waals surface area contributed by atoms with Crippen LogP contribution in [0.25, 0.3) is 0 Å². The van der Waals surface area contributed by atoms with Crippen LogP contribution in [-0.4, -0.2) is 28.4 Å². The van der Waals surface area contributed by atoms with E-state index >= 15 is 0 Å². The van der Waals surface area contributed by atoms with Gasteiger partial charge in [0, 0.05) is 36.4 Å². The number of carbonyl (C=O) groups is 3. The molecule has 1 aliphatic carbocycles. The van der Waals surface area contributed by atoms with E-state index in [1.54, 1.807) is 4.90 Å². The van der Waals surface area contributed by atoms with Crippen LogP contribution in [0.2, 0.25) is 5.02 Å². The first-order valence-electron chi connectivity index (χ1n) is 10.7. The summed E-state index contributed by atoms with van der Waals surface area (Å²) in [4.78, 5) is 39.5. The number of carbonyl (C=O) groups excluding carboxylic acids is 3. The van der Waals surface area contributed by atoms with Crippen LogP contribution in [0.15, 0.2) is 48.6 Å². The van der Waals surface area contributed by atoms with E-state index in [0.717, 1.165) is 34.2 Å². The fourth-order valence-corrected chi connectivity index (χ4v) is 4.71. The fourth-order valence-electron chi connectivity index (χ4n) is 4.52. The molecule has 2 aromatic rings. The highest BCUT2D eigenvalue weighted by Crippen LogP contribution is 2.31. The van der Waals surface area contributed by atoms with Gasteiger partial charge in [0.1, 0.15) is 5.78 Å². The van der Waals surface area contributed by atoms with Crippen molar-refractivity contribution >= 4 is 29.1 Å². The minimum atomic E-state index is -0.351. The highest BCUT2D eigenvalue weighted by atomic mass is 35.5. The van der Waals surface area contributed by atoms with Gasteiger partial charge in [-0.2, -0.15) is 0 Å². The van der Waals surface area contributed by atoms with E-state index in [0.29, 0.717) is 49.2 Å². The molecule has 4 nitrogen and oxygen atoms in total. The van der Waals surface area contributed by atoms with Gasteiger partial charge in [0.25, 0.3) is 5.91 Å². The minimum Gasteiger partial charge on any atom is -0.324 e. The molecule has 0 saturated heterocycles. The van der Waals surface area contributed by atoms with E-state index in [2.05, 4.69) is 6.58 Å². The van der Waals surface area contributed by atoms with Gasteiger partial charge in [0.15, 0.2) is 5.78 Å². The maximum absolute atomic E-state index is 12.8. The molecule has 1 unspecified atom stereocenters. The highest BCUT2D eigenvalue weighted by Gasteiger charge is 2.37. The molecule has 0 bridgehead atoms. The number of halogens is 1. The number of rotatable bonds is 6. The summed E-state index contributed by atoms with van der Waals surface area (Å²) in [5.74, 6) is 0.177. The van der Waals surface area contributed by atoms with Crippen LogP contribution in [0.3, 0.4) is 0 Å². The van der Waals surface area contributed by atoms with Gasteiger partial charge < -0.3 is 4.90 Å². The van der Waals surface area contributed by atoms with E-state index in [4.69, 9.17) is 11.6 Å². The second kappa shape index (κ2) is 8.80. The standard InChI is InChI=1S/C26H26ClNO3/c1-16-6-11-24(25(30)12-16)28-15-20-13-18(8-10-22(20)26(28)31)7-9-21(29)14-19-4-3-5-23(27)17(19)2/h3-5,8,10,13,24H,1,6-7,9,11-12,14-15H2,2H3. The summed E-state index contributed by atoms with van der Waals surface area (Å²) in [5.41, 5.74) is 5.51. The molecule has 1 heterocycles. The molecule has 31 heavy (non-hydrogen) atoms. The molecule has 1 amide bonds. The average Bonchev–Trinajstić information content (AvgIpc) is 3.05. The first-order chi connectivity index (χ1) is 14.8. The summed E-state index contributed by atoms with van der Waals surface area (Å²) in [6.07, 6.45) is 3.24. The lowest BCUT2D eigenvalue weighted by Gasteiger charge is -2.30. The van der Waals surface area contributed by atoms with Crippen molar-refractivity contribution in [2.24, 2.45) is 0 Å². The van der Waals surface area contributed by atoms with Crippen molar-refractivity contribution in [2.45, 2.75) is 58.0 Å². The Kier molecular flexibility index (Phi) is 6.10. The molecule has 0 N–H and O–H groups in total. The van der Waals surface area contributed by atoms with Crippen molar-refractivity contribution in [1.82, 2.24) is 4.90 Å². The molecule has 5 heteroatoms. The Balaban J connectivity index is 1.39. The molecule has 160 valence electrons. The van der Waals surface area contributed by atoms with Crippen LogP contribution in [-0.2, 0) is 29.0 Å². The molecule has 2 aromatic carbocycles. The summed E-state index contributed by atoms with van der Waals surface area (Å²) < 4.78 is 0. The van der Waals surface area contributed by atoms with E-state index in [9.17, 15) is 14.4 Å². The number of hydrogen-bond acceptors (Lipinski definition) is 3. The fraction of sp³-hybridized carbons (Fsp3) is 0.346. The zero-order valence-corrected chi connectivity index (χ0v) is 18.5. The van der Waals surface area contributed by atoms with E-state index < -0.39 is 0 Å². The van der Waals surface area contributed by atoms with Gasteiger partial charge >= 0.3 is 0 Å².